The quantitative estimate of drug-likeness (QED) is 0.569. The van der Waals surface area contributed by atoms with Gasteiger partial charge in [-0.15, -0.1) is 0 Å². The van der Waals surface area contributed by atoms with Crippen LogP contribution in [0.15, 0.2) is 29.0 Å². The van der Waals surface area contributed by atoms with Crippen molar-refractivity contribution in [2.45, 2.75) is 7.43 Å². The fourth-order valence-corrected chi connectivity index (χ4v) is 1.49. The normalized spacial score (nSPS) is 9.29. The van der Waals surface area contributed by atoms with Gasteiger partial charge in [-0.05, 0) is 28.1 Å². The van der Waals surface area contributed by atoms with E-state index in [0.29, 0.717) is 4.47 Å². The summed E-state index contributed by atoms with van der Waals surface area (Å²) in [5.74, 6) is -1.27. The van der Waals surface area contributed by atoms with Crippen LogP contribution < -0.4 is 5.46 Å². The Labute approximate surface area is 139 Å². The van der Waals surface area contributed by atoms with Crippen molar-refractivity contribution in [3.05, 3.63) is 50.9 Å². The first-order valence-electron chi connectivity index (χ1n) is 4.95. The molecule has 2 N–H and O–H groups in total. The van der Waals surface area contributed by atoms with Gasteiger partial charge in [-0.2, -0.15) is 0 Å². The molecule has 0 aliphatic rings. The summed E-state index contributed by atoms with van der Waals surface area (Å²) in [6.45, 7) is 0. The van der Waals surface area contributed by atoms with E-state index in [1.165, 1.54) is 12.3 Å². The lowest BCUT2D eigenvalue weighted by atomic mass is 9.82. The molecule has 0 fully saturated rings. The molecule has 0 aliphatic carbocycles. The van der Waals surface area contributed by atoms with Gasteiger partial charge in [0.05, 0.1) is 0 Å². The number of halogens is 5. The van der Waals surface area contributed by atoms with E-state index in [9.17, 15) is 8.78 Å². The molecular weight excluding hydrogens is 392 g/mol. The van der Waals surface area contributed by atoms with Gasteiger partial charge in [0, 0.05) is 22.3 Å². The number of hydrogen-bond donors (Lipinski definition) is 2. The first-order chi connectivity index (χ1) is 9.31. The molecule has 2 aromatic rings. The Morgan fingerprint density at radius 1 is 1.00 bits per heavy atom. The highest BCUT2D eigenvalue weighted by atomic mass is 79.9. The van der Waals surface area contributed by atoms with Crippen molar-refractivity contribution in [2.75, 3.05) is 0 Å². The van der Waals surface area contributed by atoms with Gasteiger partial charge in [0.15, 0.2) is 21.9 Å². The molecule has 4 nitrogen and oxygen atoms in total. The van der Waals surface area contributed by atoms with Crippen LogP contribution in [0.4, 0.5) is 8.78 Å². The van der Waals surface area contributed by atoms with E-state index < -0.39 is 18.8 Å². The van der Waals surface area contributed by atoms with Gasteiger partial charge in [0.2, 0.25) is 0 Å². The third kappa shape index (κ3) is 6.67. The molecule has 10 heteroatoms. The summed E-state index contributed by atoms with van der Waals surface area (Å²) in [7, 11) is -1.71. The van der Waals surface area contributed by atoms with Crippen molar-refractivity contribution in [1.82, 2.24) is 9.97 Å². The molecule has 0 amide bonds. The highest BCUT2D eigenvalue weighted by Gasteiger charge is 2.13. The maximum Gasteiger partial charge on any atom is 0.490 e. The molecule has 0 spiro atoms. The molecule has 0 radical (unpaired) electrons. The zero-order chi connectivity index (χ0) is 15.3. The average molecular weight is 402 g/mol. The monoisotopic (exact) mass is 400 g/mol. The van der Waals surface area contributed by atoms with E-state index in [0.717, 1.165) is 12.3 Å². The van der Waals surface area contributed by atoms with Gasteiger partial charge in [0.25, 0.3) is 0 Å². The van der Waals surface area contributed by atoms with E-state index in [1.54, 1.807) is 0 Å². The molecule has 0 aliphatic heterocycles. The summed E-state index contributed by atoms with van der Waals surface area (Å²) in [6.07, 6.45) is 2.53. The molecule has 21 heavy (non-hydrogen) atoms. The molecule has 0 saturated carbocycles. The number of hydrogen-bond acceptors (Lipinski definition) is 4. The second-order valence-corrected chi connectivity index (χ2v) is 4.97. The topological polar surface area (TPSA) is 66.2 Å². The molecule has 2 rings (SSSR count). The Morgan fingerprint density at radius 3 is 1.86 bits per heavy atom. The van der Waals surface area contributed by atoms with Crippen molar-refractivity contribution in [3.8, 4) is 0 Å². The maximum atomic E-state index is 12.5. The van der Waals surface area contributed by atoms with Crippen LogP contribution in [0, 0.1) is 11.6 Å². The Bertz CT molecular complexity index is 608. The highest BCUT2D eigenvalue weighted by molar-refractivity contribution is 9.10. The van der Waals surface area contributed by atoms with Gasteiger partial charge in [-0.25, -0.2) is 18.7 Å². The average Bonchev–Trinajstić information content (AvgIpc) is 2.38. The van der Waals surface area contributed by atoms with Gasteiger partial charge in [0.1, 0.15) is 0 Å². The van der Waals surface area contributed by atoms with Crippen LogP contribution >= 0.6 is 39.1 Å². The third-order valence-electron chi connectivity index (χ3n) is 1.88. The SMILES string of the molecule is C.Fc1cc(Br)cnc1Cl.OB(O)c1cnc(Cl)c(F)c1. The molecule has 2 heterocycles. The van der Waals surface area contributed by atoms with Gasteiger partial charge in [-0.1, -0.05) is 30.6 Å². The molecule has 114 valence electrons. The van der Waals surface area contributed by atoms with E-state index in [2.05, 4.69) is 25.9 Å². The predicted molar refractivity (Wildman–Crippen MR) is 82.7 cm³/mol. The van der Waals surface area contributed by atoms with Crippen molar-refractivity contribution in [3.63, 3.8) is 0 Å². The van der Waals surface area contributed by atoms with E-state index >= 15 is 0 Å². The van der Waals surface area contributed by atoms with Gasteiger partial charge < -0.3 is 10.0 Å². The molecule has 0 unspecified atom stereocenters. The Kier molecular flexibility index (Phi) is 8.92. The van der Waals surface area contributed by atoms with E-state index in [-0.39, 0.29) is 23.2 Å². The summed E-state index contributed by atoms with van der Waals surface area (Å²) in [6, 6.07) is 2.18. The van der Waals surface area contributed by atoms with Crippen LogP contribution in [0.5, 0.6) is 0 Å². The second-order valence-electron chi connectivity index (χ2n) is 3.34. The molecule has 0 bridgehead atoms. The minimum absolute atomic E-state index is 0. The maximum absolute atomic E-state index is 12.5. The smallest absolute Gasteiger partial charge is 0.423 e. The van der Waals surface area contributed by atoms with Crippen LogP contribution in [0.25, 0.3) is 0 Å². The Balaban J connectivity index is 0.000000370. The van der Waals surface area contributed by atoms with Gasteiger partial charge in [-0.3, -0.25) is 0 Å². The Hall–Kier alpha value is -0.795. The summed E-state index contributed by atoms with van der Waals surface area (Å²) in [5, 5.41) is 16.7. The minimum atomic E-state index is -1.71. The molecule has 0 atom stereocenters. The van der Waals surface area contributed by atoms with Crippen LogP contribution in [-0.2, 0) is 0 Å². The lowest BCUT2D eigenvalue weighted by Crippen LogP contribution is -2.30. The molecule has 0 aromatic carbocycles. The molecule has 2 aromatic heterocycles. The zero-order valence-electron chi connectivity index (χ0n) is 9.57. The third-order valence-corrected chi connectivity index (χ3v) is 2.87. The fourth-order valence-electron chi connectivity index (χ4n) is 0.975. The first-order valence-corrected chi connectivity index (χ1v) is 6.49. The van der Waals surface area contributed by atoms with Crippen molar-refractivity contribution in [2.24, 2.45) is 0 Å². The fraction of sp³-hybridized carbons (Fsp3) is 0.0909. The lowest BCUT2D eigenvalue weighted by Gasteiger charge is -1.98. The molecular formula is C11H10BBrCl2F2N2O2. The summed E-state index contributed by atoms with van der Waals surface area (Å²) >= 11 is 13.5. The number of aromatic nitrogens is 2. The number of pyridine rings is 2. The Morgan fingerprint density at radius 2 is 1.48 bits per heavy atom. The van der Waals surface area contributed by atoms with Crippen LogP contribution in [-0.4, -0.2) is 27.1 Å². The van der Waals surface area contributed by atoms with Crippen molar-refractivity contribution < 1.29 is 18.8 Å². The van der Waals surface area contributed by atoms with Crippen LogP contribution in [0.3, 0.4) is 0 Å². The lowest BCUT2D eigenvalue weighted by molar-refractivity contribution is 0.425. The largest absolute Gasteiger partial charge is 0.490 e. The second kappa shape index (κ2) is 9.27. The number of rotatable bonds is 1. The van der Waals surface area contributed by atoms with Crippen LogP contribution in [0.2, 0.25) is 10.3 Å². The van der Waals surface area contributed by atoms with E-state index in [1.807, 2.05) is 0 Å². The standard InChI is InChI=1S/C5H4BClFNO2.C5H2BrClFN.CH4/c7-5-4(8)1-3(2-9-5)6(10)11;6-3-1-4(8)5(7)9-2-3;/h1-2,10-11H;1-2H;1H4. The van der Waals surface area contributed by atoms with Gasteiger partial charge >= 0.3 is 7.12 Å². The van der Waals surface area contributed by atoms with Crippen LogP contribution in [0.1, 0.15) is 7.43 Å². The first kappa shape index (κ1) is 20.2. The zero-order valence-corrected chi connectivity index (χ0v) is 12.7. The van der Waals surface area contributed by atoms with E-state index in [4.69, 9.17) is 33.2 Å². The molecule has 0 saturated heterocycles. The number of nitrogens with zero attached hydrogens (tertiary/aromatic N) is 2. The summed E-state index contributed by atoms with van der Waals surface area (Å²) in [5.41, 5.74) is -0.0214. The van der Waals surface area contributed by atoms with Crippen molar-refractivity contribution in [1.29, 1.82) is 0 Å². The highest BCUT2D eigenvalue weighted by Crippen LogP contribution is 2.15. The van der Waals surface area contributed by atoms with Crippen molar-refractivity contribution >= 4 is 51.7 Å². The summed E-state index contributed by atoms with van der Waals surface area (Å²) < 4.78 is 25.5. The predicted octanol–water partition coefficient (Wildman–Crippen LogP) is 2.83. The summed E-state index contributed by atoms with van der Waals surface area (Å²) in [4.78, 5) is 6.89. The minimum Gasteiger partial charge on any atom is -0.423 e.